The number of nitrogens with zero attached hydrogens (tertiary/aromatic N) is 3. The van der Waals surface area contributed by atoms with Crippen LogP contribution in [-0.2, 0) is 4.79 Å². The highest BCUT2D eigenvalue weighted by atomic mass is 32.2. The summed E-state index contributed by atoms with van der Waals surface area (Å²) >= 11 is 1.55. The zero-order chi connectivity index (χ0) is 20.1. The van der Waals surface area contributed by atoms with Gasteiger partial charge in [-0.3, -0.25) is 4.79 Å². The largest absolute Gasteiger partial charge is 0.472 e. The van der Waals surface area contributed by atoms with E-state index in [4.69, 9.17) is 10.00 Å². The van der Waals surface area contributed by atoms with Gasteiger partial charge < -0.3 is 15.0 Å². The topological polar surface area (TPSA) is 104 Å². The second-order valence-corrected chi connectivity index (χ2v) is 7.99. The molecule has 7 nitrogen and oxygen atoms in total. The van der Waals surface area contributed by atoms with Gasteiger partial charge in [0.15, 0.2) is 0 Å². The monoisotopic (exact) mass is 407 g/mol. The lowest BCUT2D eigenvalue weighted by atomic mass is 9.93. The number of benzene rings is 1. The normalized spacial score (nSPS) is 18.9. The minimum Gasteiger partial charge on any atom is -0.472 e. The van der Waals surface area contributed by atoms with E-state index in [2.05, 4.69) is 26.3 Å². The molecule has 2 aromatic heterocycles. The number of thioether (sulfide) groups is 1. The van der Waals surface area contributed by atoms with Crippen LogP contribution in [0.25, 0.3) is 10.9 Å². The minimum absolute atomic E-state index is 0.00690. The lowest BCUT2D eigenvalue weighted by molar-refractivity contribution is -0.119. The van der Waals surface area contributed by atoms with Gasteiger partial charge in [-0.05, 0) is 31.7 Å². The number of hydrogen-bond acceptors (Lipinski definition) is 6. The molecule has 0 bridgehead atoms. The molecule has 1 aliphatic carbocycles. The van der Waals surface area contributed by atoms with E-state index in [1.807, 2.05) is 30.5 Å². The molecule has 0 atom stereocenters. The fourth-order valence-electron chi connectivity index (χ4n) is 3.55. The summed E-state index contributed by atoms with van der Waals surface area (Å²) in [5.41, 5.74) is 1.29. The van der Waals surface area contributed by atoms with Crippen molar-refractivity contribution in [3.63, 3.8) is 0 Å². The lowest BCUT2D eigenvalue weighted by Gasteiger charge is -2.29. The highest BCUT2D eigenvalue weighted by Crippen LogP contribution is 2.28. The molecule has 0 saturated heterocycles. The average Bonchev–Trinajstić information content (AvgIpc) is 3.17. The Hall–Kier alpha value is -3.05. The molecule has 0 aliphatic heterocycles. The van der Waals surface area contributed by atoms with Gasteiger partial charge in [-0.2, -0.15) is 5.26 Å². The van der Waals surface area contributed by atoms with E-state index in [0.29, 0.717) is 5.75 Å². The summed E-state index contributed by atoms with van der Waals surface area (Å²) in [7, 11) is 0. The minimum atomic E-state index is -0.00690. The summed E-state index contributed by atoms with van der Waals surface area (Å²) in [5, 5.41) is 13.4. The maximum Gasteiger partial charge on any atom is 0.251 e. The van der Waals surface area contributed by atoms with Crippen molar-refractivity contribution in [2.24, 2.45) is 0 Å². The van der Waals surface area contributed by atoms with Crippen molar-refractivity contribution in [2.75, 3.05) is 5.75 Å². The molecule has 8 heteroatoms. The Labute approximate surface area is 172 Å². The molecule has 1 aromatic carbocycles. The van der Waals surface area contributed by atoms with Gasteiger partial charge in [0, 0.05) is 40.4 Å². The van der Waals surface area contributed by atoms with Gasteiger partial charge in [-0.25, -0.2) is 9.97 Å². The number of hydrogen-bond donors (Lipinski definition) is 2. The molecule has 0 spiro atoms. The van der Waals surface area contributed by atoms with Crippen molar-refractivity contribution in [3.05, 3.63) is 48.5 Å². The Balaban J connectivity index is 1.23. The van der Waals surface area contributed by atoms with Gasteiger partial charge >= 0.3 is 0 Å². The van der Waals surface area contributed by atoms with Gasteiger partial charge in [0.2, 0.25) is 11.6 Å². The van der Waals surface area contributed by atoms with E-state index in [9.17, 15) is 4.79 Å². The highest BCUT2D eigenvalue weighted by molar-refractivity contribution is 8.00. The van der Waals surface area contributed by atoms with Crippen LogP contribution in [0.15, 0.2) is 47.8 Å². The zero-order valence-electron chi connectivity index (χ0n) is 15.8. The van der Waals surface area contributed by atoms with Crippen LogP contribution < -0.4 is 10.1 Å². The third-order valence-electron chi connectivity index (χ3n) is 5.00. The van der Waals surface area contributed by atoms with E-state index in [-0.39, 0.29) is 29.6 Å². The Kier molecular flexibility index (Phi) is 5.96. The number of carbonyl (C=O) groups is 1. The standard InChI is InChI=1S/C21H21N5O2S/c22-11-18-21(24-10-9-23-18)28-15-7-5-14(6-8-15)26-20(27)13-29-19-12-25-17-4-2-1-3-16(17)19/h1-4,9-10,12,14-15,25H,5-8,13H2,(H,26,27). The predicted molar refractivity (Wildman–Crippen MR) is 111 cm³/mol. The Morgan fingerprint density at radius 1 is 1.24 bits per heavy atom. The van der Waals surface area contributed by atoms with Crippen molar-refractivity contribution >= 4 is 28.6 Å². The number of fused-ring (bicyclic) bond motifs is 1. The SMILES string of the molecule is N#Cc1nccnc1OC1CCC(NC(=O)CSc2c[nH]c3ccccc23)CC1. The maximum atomic E-state index is 12.4. The van der Waals surface area contributed by atoms with Crippen LogP contribution in [-0.4, -0.2) is 38.8 Å². The van der Waals surface area contributed by atoms with Crippen molar-refractivity contribution < 1.29 is 9.53 Å². The molecular formula is C21H21N5O2S. The Bertz CT molecular complexity index is 1040. The summed E-state index contributed by atoms with van der Waals surface area (Å²) in [6, 6.07) is 10.2. The first-order valence-corrected chi connectivity index (χ1v) is 10.6. The zero-order valence-corrected chi connectivity index (χ0v) is 16.6. The molecule has 1 fully saturated rings. The number of para-hydroxylation sites is 1. The molecule has 1 saturated carbocycles. The van der Waals surface area contributed by atoms with Crippen LogP contribution in [0, 0.1) is 11.3 Å². The number of H-pyrrole nitrogens is 1. The number of ether oxygens (including phenoxy) is 1. The van der Waals surface area contributed by atoms with Gasteiger partial charge in [-0.1, -0.05) is 18.2 Å². The summed E-state index contributed by atoms with van der Waals surface area (Å²) in [5.74, 6) is 0.728. The van der Waals surface area contributed by atoms with Crippen LogP contribution in [0.3, 0.4) is 0 Å². The number of nitriles is 1. The van der Waals surface area contributed by atoms with Crippen LogP contribution >= 0.6 is 11.8 Å². The number of carbonyl (C=O) groups excluding carboxylic acids is 1. The van der Waals surface area contributed by atoms with Crippen LogP contribution in [0.2, 0.25) is 0 Å². The fourth-order valence-corrected chi connectivity index (χ4v) is 4.39. The van der Waals surface area contributed by atoms with Gasteiger partial charge in [0.1, 0.15) is 12.2 Å². The van der Waals surface area contributed by atoms with Gasteiger partial charge in [0.25, 0.3) is 5.88 Å². The van der Waals surface area contributed by atoms with Crippen LogP contribution in [0.5, 0.6) is 5.88 Å². The number of rotatable bonds is 6. The van der Waals surface area contributed by atoms with Crippen molar-refractivity contribution in [1.29, 1.82) is 5.26 Å². The summed E-state index contributed by atoms with van der Waals surface area (Å²) in [6.45, 7) is 0. The molecule has 4 rings (SSSR count). The molecule has 0 radical (unpaired) electrons. The number of aromatic amines is 1. The first-order chi connectivity index (χ1) is 14.2. The van der Waals surface area contributed by atoms with Crippen molar-refractivity contribution in [1.82, 2.24) is 20.3 Å². The molecule has 1 amide bonds. The van der Waals surface area contributed by atoms with E-state index in [0.717, 1.165) is 41.5 Å². The highest BCUT2D eigenvalue weighted by Gasteiger charge is 2.25. The Morgan fingerprint density at radius 2 is 2.03 bits per heavy atom. The number of nitrogens with one attached hydrogen (secondary N) is 2. The molecule has 0 unspecified atom stereocenters. The second kappa shape index (κ2) is 8.97. The molecule has 148 valence electrons. The van der Waals surface area contributed by atoms with Crippen LogP contribution in [0.4, 0.5) is 0 Å². The second-order valence-electron chi connectivity index (χ2n) is 6.97. The number of aromatic nitrogens is 3. The predicted octanol–water partition coefficient (Wildman–Crippen LogP) is 3.43. The molecule has 1 aliphatic rings. The Morgan fingerprint density at radius 3 is 2.86 bits per heavy atom. The number of amides is 1. The molecule has 2 heterocycles. The summed E-state index contributed by atoms with van der Waals surface area (Å²) in [4.78, 5) is 24.8. The first-order valence-electron chi connectivity index (χ1n) is 9.59. The average molecular weight is 407 g/mol. The van der Waals surface area contributed by atoms with Crippen molar-refractivity contribution in [2.45, 2.75) is 42.7 Å². The van der Waals surface area contributed by atoms with E-state index >= 15 is 0 Å². The maximum absolute atomic E-state index is 12.4. The lowest BCUT2D eigenvalue weighted by Crippen LogP contribution is -2.40. The van der Waals surface area contributed by atoms with Crippen LogP contribution in [0.1, 0.15) is 31.4 Å². The fraction of sp³-hybridized carbons (Fsp3) is 0.333. The molecular weight excluding hydrogens is 386 g/mol. The molecule has 3 aromatic rings. The van der Waals surface area contributed by atoms with E-state index in [1.54, 1.807) is 11.8 Å². The first kappa shape index (κ1) is 19.3. The smallest absolute Gasteiger partial charge is 0.251 e. The summed E-state index contributed by atoms with van der Waals surface area (Å²) < 4.78 is 5.85. The molecule has 29 heavy (non-hydrogen) atoms. The summed E-state index contributed by atoms with van der Waals surface area (Å²) in [6.07, 6.45) is 8.25. The third kappa shape index (κ3) is 4.69. The third-order valence-corrected chi connectivity index (χ3v) is 6.05. The van der Waals surface area contributed by atoms with Gasteiger partial charge in [0.05, 0.1) is 5.75 Å². The van der Waals surface area contributed by atoms with E-state index < -0.39 is 0 Å². The van der Waals surface area contributed by atoms with E-state index in [1.165, 1.54) is 12.4 Å². The quantitative estimate of drug-likeness (QED) is 0.607. The molecule has 2 N–H and O–H groups in total. The van der Waals surface area contributed by atoms with Gasteiger partial charge in [-0.15, -0.1) is 11.8 Å². The van der Waals surface area contributed by atoms with Crippen molar-refractivity contribution in [3.8, 4) is 11.9 Å².